The van der Waals surface area contributed by atoms with Crippen molar-refractivity contribution < 1.29 is 13.6 Å². The molecule has 0 aromatic carbocycles. The molecule has 5 heteroatoms. The van der Waals surface area contributed by atoms with Gasteiger partial charge in [-0.15, -0.1) is 0 Å². The number of hydrogen-bond donors (Lipinski definition) is 1. The smallest absolute Gasteiger partial charge is 0.267 e. The van der Waals surface area contributed by atoms with E-state index in [9.17, 15) is 13.6 Å². The zero-order chi connectivity index (χ0) is 7.56. The van der Waals surface area contributed by atoms with Crippen molar-refractivity contribution in [3.63, 3.8) is 0 Å². The van der Waals surface area contributed by atoms with Crippen molar-refractivity contribution >= 4 is 6.29 Å². The van der Waals surface area contributed by atoms with Crippen LogP contribution in [0.25, 0.3) is 0 Å². The van der Waals surface area contributed by atoms with E-state index in [0.29, 0.717) is 6.29 Å². The number of carbonyl (C=O) groups excluding carboxylic acids is 1. The fourth-order valence-corrected chi connectivity index (χ4v) is 0.574. The van der Waals surface area contributed by atoms with E-state index in [1.807, 2.05) is 0 Å². The first-order valence-corrected chi connectivity index (χ1v) is 2.52. The Morgan fingerprint density at radius 3 is 2.80 bits per heavy atom. The summed E-state index contributed by atoms with van der Waals surface area (Å²) < 4.78 is 23.7. The number of alkyl halides is 2. The Balaban J connectivity index is 3.01. The maximum Gasteiger partial charge on any atom is 0.267 e. The molecular weight excluding hydrogens is 142 g/mol. The van der Waals surface area contributed by atoms with Crippen LogP contribution in [0.3, 0.4) is 0 Å². The lowest BCUT2D eigenvalue weighted by Crippen LogP contribution is -1.88. The van der Waals surface area contributed by atoms with Gasteiger partial charge in [0.15, 0.2) is 6.29 Å². The molecule has 1 heterocycles. The molecule has 0 saturated heterocycles. The van der Waals surface area contributed by atoms with Gasteiger partial charge in [0.1, 0.15) is 5.69 Å². The van der Waals surface area contributed by atoms with Gasteiger partial charge in [0.05, 0.1) is 11.8 Å². The highest BCUT2D eigenvalue weighted by atomic mass is 19.3. The van der Waals surface area contributed by atoms with Crippen molar-refractivity contribution in [1.29, 1.82) is 0 Å². The molecule has 0 atom stereocenters. The molecule has 54 valence electrons. The number of nitrogens with zero attached hydrogens (tertiary/aromatic N) is 1. The third kappa shape index (κ3) is 1.02. The molecule has 0 aliphatic heterocycles. The lowest BCUT2D eigenvalue weighted by atomic mass is 10.3. The minimum absolute atomic E-state index is 0.157. The van der Waals surface area contributed by atoms with E-state index in [0.717, 1.165) is 6.20 Å². The number of nitrogens with one attached hydrogen (secondary N) is 1. The number of H-pyrrole nitrogens is 1. The van der Waals surface area contributed by atoms with E-state index in [-0.39, 0.29) is 11.3 Å². The average Bonchev–Trinajstić information content (AvgIpc) is 2.33. The first kappa shape index (κ1) is 6.85. The summed E-state index contributed by atoms with van der Waals surface area (Å²) in [7, 11) is 0. The van der Waals surface area contributed by atoms with Crippen LogP contribution < -0.4 is 0 Å². The zero-order valence-electron chi connectivity index (χ0n) is 4.84. The van der Waals surface area contributed by atoms with Crippen molar-refractivity contribution in [3.05, 3.63) is 17.5 Å². The molecule has 0 aliphatic rings. The molecule has 0 saturated carbocycles. The summed E-state index contributed by atoms with van der Waals surface area (Å²) in [6.07, 6.45) is -1.39. The van der Waals surface area contributed by atoms with E-state index in [4.69, 9.17) is 0 Å². The number of carbonyl (C=O) groups is 1. The number of halogens is 2. The number of rotatable bonds is 2. The van der Waals surface area contributed by atoms with Crippen molar-refractivity contribution in [2.75, 3.05) is 0 Å². The second kappa shape index (κ2) is 2.55. The number of hydrogen-bond acceptors (Lipinski definition) is 2. The molecular formula is C5H4F2N2O. The Kier molecular flexibility index (Phi) is 1.75. The van der Waals surface area contributed by atoms with E-state index in [2.05, 4.69) is 10.2 Å². The Hall–Kier alpha value is -1.26. The second-order valence-electron chi connectivity index (χ2n) is 1.66. The maximum absolute atomic E-state index is 11.8. The van der Waals surface area contributed by atoms with Gasteiger partial charge in [0.2, 0.25) is 0 Å². The zero-order valence-corrected chi connectivity index (χ0v) is 4.84. The molecule has 0 spiro atoms. The minimum Gasteiger partial charge on any atom is -0.296 e. The molecule has 0 unspecified atom stereocenters. The standard InChI is InChI=1S/C5H4F2N2O/c6-5(7)3-1-8-9-4(3)2-10/h1-2,5H,(H,8,9). The van der Waals surface area contributed by atoms with Gasteiger partial charge in [-0.1, -0.05) is 0 Å². The summed E-state index contributed by atoms with van der Waals surface area (Å²) in [5, 5.41) is 5.42. The number of aromatic amines is 1. The van der Waals surface area contributed by atoms with Crippen LogP contribution in [-0.2, 0) is 0 Å². The summed E-state index contributed by atoms with van der Waals surface area (Å²) in [5.41, 5.74) is -0.509. The van der Waals surface area contributed by atoms with Gasteiger partial charge < -0.3 is 0 Å². The molecule has 1 aromatic heterocycles. The summed E-state index contributed by atoms with van der Waals surface area (Å²) in [5.74, 6) is 0. The van der Waals surface area contributed by atoms with Crippen LogP contribution >= 0.6 is 0 Å². The van der Waals surface area contributed by atoms with Gasteiger partial charge in [0.25, 0.3) is 6.43 Å². The topological polar surface area (TPSA) is 45.8 Å². The molecule has 1 aromatic rings. The molecule has 0 amide bonds. The van der Waals surface area contributed by atoms with Crippen LogP contribution in [0.2, 0.25) is 0 Å². The number of aromatic nitrogens is 2. The molecule has 3 nitrogen and oxygen atoms in total. The van der Waals surface area contributed by atoms with Gasteiger partial charge in [-0.25, -0.2) is 8.78 Å². The highest BCUT2D eigenvalue weighted by Gasteiger charge is 2.13. The van der Waals surface area contributed by atoms with E-state index < -0.39 is 6.43 Å². The molecule has 1 N–H and O–H groups in total. The predicted molar refractivity (Wildman–Crippen MR) is 28.9 cm³/mol. The fourth-order valence-electron chi connectivity index (χ4n) is 0.574. The Labute approximate surface area is 55.1 Å². The molecule has 0 aliphatic carbocycles. The van der Waals surface area contributed by atoms with E-state index in [1.165, 1.54) is 0 Å². The van der Waals surface area contributed by atoms with Crippen LogP contribution in [0, 0.1) is 0 Å². The van der Waals surface area contributed by atoms with Crippen LogP contribution in [0.15, 0.2) is 6.20 Å². The van der Waals surface area contributed by atoms with Gasteiger partial charge in [-0.2, -0.15) is 5.10 Å². The van der Waals surface area contributed by atoms with Crippen LogP contribution in [0.1, 0.15) is 22.5 Å². The molecule has 0 bridgehead atoms. The summed E-state index contributed by atoms with van der Waals surface area (Å²) in [6.45, 7) is 0. The van der Waals surface area contributed by atoms with Crippen molar-refractivity contribution in [2.45, 2.75) is 6.43 Å². The van der Waals surface area contributed by atoms with Crippen molar-refractivity contribution in [3.8, 4) is 0 Å². The summed E-state index contributed by atoms with van der Waals surface area (Å²) in [4.78, 5) is 9.99. The number of aldehydes is 1. The van der Waals surface area contributed by atoms with Gasteiger partial charge in [-0.3, -0.25) is 9.89 Å². The first-order valence-electron chi connectivity index (χ1n) is 2.52. The summed E-state index contributed by atoms with van der Waals surface area (Å²) in [6, 6.07) is 0. The third-order valence-corrected chi connectivity index (χ3v) is 1.05. The van der Waals surface area contributed by atoms with Crippen molar-refractivity contribution in [1.82, 2.24) is 10.2 Å². The van der Waals surface area contributed by atoms with Crippen LogP contribution in [0.4, 0.5) is 8.78 Å². The molecule has 0 fully saturated rings. The largest absolute Gasteiger partial charge is 0.296 e. The fraction of sp³-hybridized carbons (Fsp3) is 0.200. The monoisotopic (exact) mass is 146 g/mol. The summed E-state index contributed by atoms with van der Waals surface area (Å²) >= 11 is 0. The van der Waals surface area contributed by atoms with Gasteiger partial charge in [-0.05, 0) is 0 Å². The average molecular weight is 146 g/mol. The highest BCUT2D eigenvalue weighted by Crippen LogP contribution is 2.18. The lowest BCUT2D eigenvalue weighted by molar-refractivity contribution is 0.110. The first-order chi connectivity index (χ1) is 4.75. The normalized spacial score (nSPS) is 10.3. The lowest BCUT2D eigenvalue weighted by Gasteiger charge is -1.91. The Morgan fingerprint density at radius 1 is 1.70 bits per heavy atom. The van der Waals surface area contributed by atoms with Crippen LogP contribution in [-0.4, -0.2) is 16.5 Å². The highest BCUT2D eigenvalue weighted by molar-refractivity contribution is 5.73. The van der Waals surface area contributed by atoms with E-state index >= 15 is 0 Å². The molecule has 0 radical (unpaired) electrons. The quantitative estimate of drug-likeness (QED) is 0.636. The minimum atomic E-state index is -2.64. The van der Waals surface area contributed by atoms with Gasteiger partial charge >= 0.3 is 0 Å². The molecule has 1 rings (SSSR count). The maximum atomic E-state index is 11.8. The Bertz CT molecular complexity index is 233. The Morgan fingerprint density at radius 2 is 2.40 bits per heavy atom. The second-order valence-corrected chi connectivity index (χ2v) is 1.66. The van der Waals surface area contributed by atoms with E-state index in [1.54, 1.807) is 0 Å². The third-order valence-electron chi connectivity index (χ3n) is 1.05. The van der Waals surface area contributed by atoms with Crippen molar-refractivity contribution in [2.24, 2.45) is 0 Å². The SMILES string of the molecule is O=Cc1[nH]ncc1C(F)F. The van der Waals surface area contributed by atoms with Crippen LogP contribution in [0.5, 0.6) is 0 Å². The predicted octanol–water partition coefficient (Wildman–Crippen LogP) is 1.16. The van der Waals surface area contributed by atoms with Gasteiger partial charge in [0, 0.05) is 0 Å². The molecule has 10 heavy (non-hydrogen) atoms.